The maximum Gasteiger partial charge on any atom is 0.367 e. The van der Waals surface area contributed by atoms with Gasteiger partial charge in [-0.25, -0.2) is 9.78 Å². The van der Waals surface area contributed by atoms with Crippen molar-refractivity contribution in [1.29, 1.82) is 0 Å². The topological polar surface area (TPSA) is 68.3 Å². The molecule has 8 heteroatoms. The largest absolute Gasteiger partial charge is 0.461 e. The van der Waals surface area contributed by atoms with Crippen LogP contribution in [0.3, 0.4) is 0 Å². The van der Waals surface area contributed by atoms with Crippen molar-refractivity contribution < 1.29 is 14.3 Å². The summed E-state index contributed by atoms with van der Waals surface area (Å²) in [7, 11) is 0. The maximum absolute atomic E-state index is 12.1. The third-order valence-electron chi connectivity index (χ3n) is 2.37. The van der Waals surface area contributed by atoms with E-state index in [1.54, 1.807) is 13.0 Å². The van der Waals surface area contributed by atoms with Gasteiger partial charge in [-0.2, -0.15) is 0 Å². The van der Waals surface area contributed by atoms with Crippen LogP contribution in [0.15, 0.2) is 32.5 Å². The van der Waals surface area contributed by atoms with E-state index in [0.29, 0.717) is 5.69 Å². The summed E-state index contributed by atoms with van der Waals surface area (Å²) in [5.41, 5.74) is 0.798. The number of anilines is 1. The van der Waals surface area contributed by atoms with E-state index in [2.05, 4.69) is 42.2 Å². The lowest BCUT2D eigenvalue weighted by atomic mass is 10.3. The van der Waals surface area contributed by atoms with Crippen molar-refractivity contribution in [2.75, 3.05) is 11.9 Å². The minimum atomic E-state index is -0.522. The van der Waals surface area contributed by atoms with Crippen LogP contribution in [0.4, 0.5) is 5.69 Å². The van der Waals surface area contributed by atoms with Gasteiger partial charge < -0.3 is 10.1 Å². The average molecular weight is 434 g/mol. The van der Waals surface area contributed by atoms with Crippen LogP contribution in [0.25, 0.3) is 0 Å². The number of aromatic nitrogens is 1. The molecule has 0 aliphatic carbocycles. The predicted octanol–water partition coefficient (Wildman–Crippen LogP) is 4.10. The first kappa shape index (κ1) is 16.1. The zero-order valence-corrected chi connectivity index (χ0v) is 14.8. The summed E-state index contributed by atoms with van der Waals surface area (Å²) in [5, 5.41) is 4.41. The van der Waals surface area contributed by atoms with Gasteiger partial charge in [0.2, 0.25) is 5.01 Å². The fraction of sp³-hybridized carbons (Fsp3) is 0.154. The van der Waals surface area contributed by atoms with Crippen LogP contribution >= 0.6 is 43.2 Å². The third-order valence-corrected chi connectivity index (χ3v) is 4.34. The van der Waals surface area contributed by atoms with Crippen LogP contribution < -0.4 is 5.32 Å². The average Bonchev–Trinajstić information content (AvgIpc) is 2.92. The van der Waals surface area contributed by atoms with E-state index in [-0.39, 0.29) is 23.2 Å². The van der Waals surface area contributed by atoms with Gasteiger partial charge in [0.1, 0.15) is 5.69 Å². The molecule has 0 atom stereocenters. The van der Waals surface area contributed by atoms with Crippen molar-refractivity contribution in [3.8, 4) is 0 Å². The molecule has 0 saturated heterocycles. The monoisotopic (exact) mass is 432 g/mol. The molecule has 5 nitrogen and oxygen atoms in total. The van der Waals surface area contributed by atoms with E-state index in [9.17, 15) is 9.59 Å². The maximum atomic E-state index is 12.1. The summed E-state index contributed by atoms with van der Waals surface area (Å²) in [6.07, 6.45) is 0. The van der Waals surface area contributed by atoms with Gasteiger partial charge in [-0.1, -0.05) is 15.9 Å². The molecular weight excluding hydrogens is 424 g/mol. The van der Waals surface area contributed by atoms with Gasteiger partial charge in [0, 0.05) is 14.3 Å². The fourth-order valence-corrected chi connectivity index (χ4v) is 3.28. The second-order valence-corrected chi connectivity index (χ2v) is 6.46. The quantitative estimate of drug-likeness (QED) is 0.737. The Morgan fingerprint density at radius 1 is 1.38 bits per heavy atom. The number of rotatable bonds is 4. The summed E-state index contributed by atoms with van der Waals surface area (Å²) in [6, 6.07) is 5.39. The first-order valence-electron chi connectivity index (χ1n) is 5.90. The lowest BCUT2D eigenvalue weighted by Crippen LogP contribution is -2.13. The smallest absolute Gasteiger partial charge is 0.367 e. The highest BCUT2D eigenvalue weighted by atomic mass is 79.9. The lowest BCUT2D eigenvalue weighted by molar-refractivity contribution is 0.0526. The number of nitrogens with zero attached hydrogens (tertiary/aromatic N) is 1. The molecule has 1 heterocycles. The molecular formula is C13H10Br2N2O3S. The highest BCUT2D eigenvalue weighted by Crippen LogP contribution is 2.26. The Balaban J connectivity index is 2.12. The normalized spacial score (nSPS) is 10.2. The van der Waals surface area contributed by atoms with Gasteiger partial charge in [0.05, 0.1) is 12.3 Å². The summed E-state index contributed by atoms with van der Waals surface area (Å²) in [6.45, 7) is 1.98. The van der Waals surface area contributed by atoms with E-state index in [1.165, 1.54) is 5.38 Å². The Kier molecular flexibility index (Phi) is 5.49. The van der Waals surface area contributed by atoms with E-state index in [4.69, 9.17) is 4.74 Å². The first-order chi connectivity index (χ1) is 10.0. The first-order valence-corrected chi connectivity index (χ1v) is 8.37. The van der Waals surface area contributed by atoms with Crippen LogP contribution in [0.5, 0.6) is 0 Å². The number of nitrogens with one attached hydrogen (secondary N) is 1. The minimum Gasteiger partial charge on any atom is -0.461 e. The van der Waals surface area contributed by atoms with E-state index in [0.717, 1.165) is 20.3 Å². The highest BCUT2D eigenvalue weighted by molar-refractivity contribution is 9.11. The van der Waals surface area contributed by atoms with Crippen LogP contribution in [0.2, 0.25) is 0 Å². The van der Waals surface area contributed by atoms with Crippen LogP contribution in [0.1, 0.15) is 27.2 Å². The van der Waals surface area contributed by atoms with E-state index in [1.807, 2.05) is 12.1 Å². The van der Waals surface area contributed by atoms with Crippen molar-refractivity contribution in [1.82, 2.24) is 4.98 Å². The number of hydrogen-bond donors (Lipinski definition) is 1. The molecule has 0 spiro atoms. The fourth-order valence-electron chi connectivity index (χ4n) is 1.44. The minimum absolute atomic E-state index is 0.164. The molecule has 110 valence electrons. The molecule has 0 saturated carbocycles. The van der Waals surface area contributed by atoms with E-state index < -0.39 is 5.97 Å². The SMILES string of the molecule is CCOC(=O)c1nc(C(=O)Nc2ccc(Br)cc2Br)cs1. The number of thiazole rings is 1. The number of hydrogen-bond acceptors (Lipinski definition) is 5. The Morgan fingerprint density at radius 3 is 2.81 bits per heavy atom. The van der Waals surface area contributed by atoms with Crippen LogP contribution in [0, 0.1) is 0 Å². The molecule has 2 rings (SSSR count). The van der Waals surface area contributed by atoms with Crippen molar-refractivity contribution in [2.45, 2.75) is 6.92 Å². The zero-order chi connectivity index (χ0) is 15.4. The van der Waals surface area contributed by atoms with Gasteiger partial charge >= 0.3 is 5.97 Å². The van der Waals surface area contributed by atoms with Gasteiger partial charge in [0.25, 0.3) is 5.91 Å². The molecule has 0 bridgehead atoms. The molecule has 0 fully saturated rings. The second-order valence-electron chi connectivity index (χ2n) is 3.84. The standard InChI is InChI=1S/C13H10Br2N2O3S/c1-2-20-13(19)12-17-10(6-21-12)11(18)16-9-4-3-7(14)5-8(9)15/h3-6H,2H2,1H3,(H,16,18). The zero-order valence-electron chi connectivity index (χ0n) is 10.9. The molecule has 2 aromatic rings. The van der Waals surface area contributed by atoms with Gasteiger partial charge in [-0.15, -0.1) is 11.3 Å². The molecule has 1 aromatic heterocycles. The molecule has 0 aliphatic heterocycles. The van der Waals surface area contributed by atoms with Gasteiger partial charge in [-0.05, 0) is 41.1 Å². The van der Waals surface area contributed by atoms with Crippen molar-refractivity contribution >= 4 is 60.8 Å². The highest BCUT2D eigenvalue weighted by Gasteiger charge is 2.17. The van der Waals surface area contributed by atoms with E-state index >= 15 is 0 Å². The number of ether oxygens (including phenoxy) is 1. The molecule has 21 heavy (non-hydrogen) atoms. The van der Waals surface area contributed by atoms with Crippen molar-refractivity contribution in [2.24, 2.45) is 0 Å². The van der Waals surface area contributed by atoms with Crippen LogP contribution in [-0.2, 0) is 4.74 Å². The molecule has 1 amide bonds. The molecule has 1 aromatic carbocycles. The van der Waals surface area contributed by atoms with Crippen molar-refractivity contribution in [3.05, 3.63) is 43.2 Å². The third kappa shape index (κ3) is 4.12. The summed E-state index contributed by atoms with van der Waals surface area (Å²) in [4.78, 5) is 27.6. The number of amides is 1. The number of carbonyl (C=O) groups is 2. The lowest BCUT2D eigenvalue weighted by Gasteiger charge is -2.06. The number of halogens is 2. The summed E-state index contributed by atoms with van der Waals surface area (Å²) in [5.74, 6) is -0.906. The van der Waals surface area contributed by atoms with Crippen LogP contribution in [-0.4, -0.2) is 23.5 Å². The number of esters is 1. The Hall–Kier alpha value is -1.25. The summed E-state index contributed by atoms with van der Waals surface area (Å²) >= 11 is 7.77. The van der Waals surface area contributed by atoms with Gasteiger partial charge in [-0.3, -0.25) is 4.79 Å². The Morgan fingerprint density at radius 2 is 2.14 bits per heavy atom. The molecule has 0 unspecified atom stereocenters. The van der Waals surface area contributed by atoms with Gasteiger partial charge in [0.15, 0.2) is 0 Å². The number of carbonyl (C=O) groups excluding carboxylic acids is 2. The molecule has 0 radical (unpaired) electrons. The number of benzene rings is 1. The Labute approximate surface area is 142 Å². The molecule has 0 aliphatic rings. The van der Waals surface area contributed by atoms with Crippen molar-refractivity contribution in [3.63, 3.8) is 0 Å². The second kappa shape index (κ2) is 7.15. The Bertz CT molecular complexity index is 688. The predicted molar refractivity (Wildman–Crippen MR) is 87.9 cm³/mol. The summed E-state index contributed by atoms with van der Waals surface area (Å²) < 4.78 is 6.47. The molecule has 1 N–H and O–H groups in total.